The Kier molecular flexibility index (Phi) is 4.10. The van der Waals surface area contributed by atoms with Gasteiger partial charge in [0.1, 0.15) is 0 Å². The van der Waals surface area contributed by atoms with Crippen LogP contribution in [-0.4, -0.2) is 35.0 Å². The molecule has 114 valence electrons. The Bertz CT molecular complexity index is 581. The fraction of sp³-hybridized carbons (Fsp3) is 0.625. The molecule has 2 aliphatic rings. The average molecular weight is 290 g/mol. The summed E-state index contributed by atoms with van der Waals surface area (Å²) >= 11 is 0. The Morgan fingerprint density at radius 1 is 1.52 bits per heavy atom. The highest BCUT2D eigenvalue weighted by Gasteiger charge is 2.35. The topological polar surface area (TPSA) is 62.4 Å². The van der Waals surface area contributed by atoms with Crippen LogP contribution >= 0.6 is 0 Å². The number of rotatable bonds is 2. The van der Waals surface area contributed by atoms with Gasteiger partial charge >= 0.3 is 0 Å². The molecule has 2 aliphatic heterocycles. The third-order valence-corrected chi connectivity index (χ3v) is 4.63. The highest BCUT2D eigenvalue weighted by molar-refractivity contribution is 5.79. The number of fused-ring (bicyclic) bond motifs is 1. The Morgan fingerprint density at radius 3 is 3.19 bits per heavy atom. The maximum atomic E-state index is 12.8. The quantitative estimate of drug-likeness (QED) is 0.897. The lowest BCUT2D eigenvalue weighted by molar-refractivity contribution is -0.146. The largest absolute Gasteiger partial charge is 0.377 e. The van der Waals surface area contributed by atoms with Crippen molar-refractivity contribution in [3.63, 3.8) is 0 Å². The molecule has 2 atom stereocenters. The average Bonchev–Trinajstić information content (AvgIpc) is 2.54. The first-order chi connectivity index (χ1) is 10.2. The number of ether oxygens (including phenoxy) is 1. The summed E-state index contributed by atoms with van der Waals surface area (Å²) < 4.78 is 5.73. The van der Waals surface area contributed by atoms with Gasteiger partial charge in [0.25, 0.3) is 5.56 Å². The molecule has 1 amide bonds. The number of H-pyrrole nitrogens is 1. The monoisotopic (exact) mass is 290 g/mol. The molecule has 1 fully saturated rings. The van der Waals surface area contributed by atoms with Crippen molar-refractivity contribution in [3.05, 3.63) is 33.7 Å². The maximum Gasteiger partial charge on any atom is 0.253 e. The molecule has 0 saturated carbocycles. The van der Waals surface area contributed by atoms with Crippen molar-refractivity contribution >= 4 is 5.91 Å². The van der Waals surface area contributed by atoms with E-state index < -0.39 is 0 Å². The van der Waals surface area contributed by atoms with E-state index in [1.807, 2.05) is 11.0 Å². The number of carbonyl (C=O) groups is 1. The van der Waals surface area contributed by atoms with Gasteiger partial charge in [-0.3, -0.25) is 9.59 Å². The SMILES string of the molecule is CCC1OCCCC1C(=O)N1CCc2cc[nH]c(=O)c2C1. The number of amides is 1. The van der Waals surface area contributed by atoms with E-state index in [1.54, 1.807) is 6.20 Å². The van der Waals surface area contributed by atoms with Gasteiger partial charge < -0.3 is 14.6 Å². The van der Waals surface area contributed by atoms with Gasteiger partial charge in [-0.15, -0.1) is 0 Å². The molecular weight excluding hydrogens is 268 g/mol. The van der Waals surface area contributed by atoms with Crippen LogP contribution in [0.3, 0.4) is 0 Å². The molecule has 21 heavy (non-hydrogen) atoms. The summed E-state index contributed by atoms with van der Waals surface area (Å²) in [6.07, 6.45) is 5.17. The number of hydrogen-bond acceptors (Lipinski definition) is 3. The molecule has 1 aromatic heterocycles. The second-order valence-corrected chi connectivity index (χ2v) is 5.89. The first-order valence-electron chi connectivity index (χ1n) is 7.80. The molecule has 5 heteroatoms. The standard InChI is InChI=1S/C16H22N2O3/c1-2-14-12(4-3-9-21-14)16(20)18-8-6-11-5-7-17-15(19)13(11)10-18/h5,7,12,14H,2-4,6,8-10H2,1H3,(H,17,19). The van der Waals surface area contributed by atoms with Crippen molar-refractivity contribution in [3.8, 4) is 0 Å². The fourth-order valence-electron chi connectivity index (χ4n) is 3.43. The highest BCUT2D eigenvalue weighted by atomic mass is 16.5. The molecule has 5 nitrogen and oxygen atoms in total. The van der Waals surface area contributed by atoms with Crippen molar-refractivity contribution in [2.24, 2.45) is 5.92 Å². The zero-order valence-corrected chi connectivity index (χ0v) is 12.4. The summed E-state index contributed by atoms with van der Waals surface area (Å²) in [6.45, 7) is 3.94. The van der Waals surface area contributed by atoms with E-state index in [2.05, 4.69) is 11.9 Å². The number of nitrogens with one attached hydrogen (secondary N) is 1. The molecule has 0 spiro atoms. The third kappa shape index (κ3) is 2.75. The summed E-state index contributed by atoms with van der Waals surface area (Å²) in [5.74, 6) is 0.101. The van der Waals surface area contributed by atoms with Crippen LogP contribution in [0.2, 0.25) is 0 Å². The van der Waals surface area contributed by atoms with Crippen LogP contribution in [0.5, 0.6) is 0 Å². The summed E-state index contributed by atoms with van der Waals surface area (Å²) in [4.78, 5) is 29.2. The minimum Gasteiger partial charge on any atom is -0.377 e. The molecule has 1 aromatic rings. The lowest BCUT2D eigenvalue weighted by Crippen LogP contribution is -2.46. The van der Waals surface area contributed by atoms with E-state index in [1.165, 1.54) is 0 Å². The van der Waals surface area contributed by atoms with Gasteiger partial charge in [-0.1, -0.05) is 6.92 Å². The lowest BCUT2D eigenvalue weighted by Gasteiger charge is -2.36. The Hall–Kier alpha value is -1.62. The third-order valence-electron chi connectivity index (χ3n) is 4.63. The second kappa shape index (κ2) is 6.02. The van der Waals surface area contributed by atoms with Crippen LogP contribution in [0.1, 0.15) is 37.3 Å². The summed E-state index contributed by atoms with van der Waals surface area (Å²) in [6, 6.07) is 1.94. The van der Waals surface area contributed by atoms with Gasteiger partial charge in [0, 0.05) is 24.9 Å². The minimum atomic E-state index is -0.0723. The van der Waals surface area contributed by atoms with Crippen LogP contribution in [0, 0.1) is 5.92 Å². The first kappa shape index (κ1) is 14.3. The Morgan fingerprint density at radius 2 is 2.38 bits per heavy atom. The van der Waals surface area contributed by atoms with Crippen LogP contribution < -0.4 is 5.56 Å². The normalized spacial score (nSPS) is 25.5. The van der Waals surface area contributed by atoms with Crippen LogP contribution in [0.15, 0.2) is 17.1 Å². The van der Waals surface area contributed by atoms with Gasteiger partial charge in [-0.25, -0.2) is 0 Å². The number of pyridine rings is 1. The second-order valence-electron chi connectivity index (χ2n) is 5.89. The van der Waals surface area contributed by atoms with Gasteiger partial charge in [-0.2, -0.15) is 0 Å². The van der Waals surface area contributed by atoms with Gasteiger partial charge in [-0.05, 0) is 37.3 Å². The molecule has 0 bridgehead atoms. The number of hydrogen-bond donors (Lipinski definition) is 1. The number of aromatic nitrogens is 1. The van der Waals surface area contributed by atoms with Gasteiger partial charge in [0.05, 0.1) is 18.6 Å². The van der Waals surface area contributed by atoms with E-state index in [0.29, 0.717) is 13.1 Å². The Labute approximate surface area is 124 Å². The molecular formula is C16H22N2O3. The molecule has 0 aliphatic carbocycles. The lowest BCUT2D eigenvalue weighted by atomic mass is 9.90. The predicted octanol–water partition coefficient (Wildman–Crippen LogP) is 1.46. The predicted molar refractivity (Wildman–Crippen MR) is 78.9 cm³/mol. The van der Waals surface area contributed by atoms with Crippen molar-refractivity contribution in [1.82, 2.24) is 9.88 Å². The maximum absolute atomic E-state index is 12.8. The van der Waals surface area contributed by atoms with Crippen LogP contribution in [-0.2, 0) is 22.5 Å². The van der Waals surface area contributed by atoms with Gasteiger partial charge in [0.15, 0.2) is 0 Å². The molecule has 1 N–H and O–H groups in total. The number of carbonyl (C=O) groups excluding carboxylic acids is 1. The molecule has 2 unspecified atom stereocenters. The molecule has 1 saturated heterocycles. The van der Waals surface area contributed by atoms with E-state index in [0.717, 1.165) is 43.4 Å². The molecule has 3 rings (SSSR count). The van der Waals surface area contributed by atoms with Crippen LogP contribution in [0.25, 0.3) is 0 Å². The molecule has 0 aromatic carbocycles. The van der Waals surface area contributed by atoms with Crippen molar-refractivity contribution < 1.29 is 9.53 Å². The Balaban J connectivity index is 1.77. The number of nitrogens with zero attached hydrogens (tertiary/aromatic N) is 1. The van der Waals surface area contributed by atoms with Crippen molar-refractivity contribution in [2.75, 3.05) is 13.2 Å². The zero-order valence-electron chi connectivity index (χ0n) is 12.4. The zero-order chi connectivity index (χ0) is 14.8. The van der Waals surface area contributed by atoms with E-state index in [4.69, 9.17) is 4.74 Å². The minimum absolute atomic E-state index is 0.0294. The first-order valence-corrected chi connectivity index (χ1v) is 7.80. The molecule has 0 radical (unpaired) electrons. The number of aromatic amines is 1. The summed E-state index contributed by atoms with van der Waals surface area (Å²) in [5.41, 5.74) is 1.73. The highest BCUT2D eigenvalue weighted by Crippen LogP contribution is 2.27. The van der Waals surface area contributed by atoms with E-state index in [-0.39, 0.29) is 23.5 Å². The van der Waals surface area contributed by atoms with E-state index in [9.17, 15) is 9.59 Å². The van der Waals surface area contributed by atoms with Crippen molar-refractivity contribution in [1.29, 1.82) is 0 Å². The summed E-state index contributed by atoms with van der Waals surface area (Å²) in [5, 5.41) is 0. The fourth-order valence-corrected chi connectivity index (χ4v) is 3.43. The van der Waals surface area contributed by atoms with E-state index >= 15 is 0 Å². The van der Waals surface area contributed by atoms with Crippen molar-refractivity contribution in [2.45, 2.75) is 45.3 Å². The van der Waals surface area contributed by atoms with Crippen LogP contribution in [0.4, 0.5) is 0 Å². The van der Waals surface area contributed by atoms with Gasteiger partial charge in [0.2, 0.25) is 5.91 Å². The molecule has 3 heterocycles. The smallest absolute Gasteiger partial charge is 0.253 e. The summed E-state index contributed by atoms with van der Waals surface area (Å²) in [7, 11) is 0.